The maximum Gasteiger partial charge on any atom is 0.315 e. The van der Waals surface area contributed by atoms with Gasteiger partial charge in [-0.1, -0.05) is 35.6 Å². The zero-order chi connectivity index (χ0) is 19.1. The standard InChI is InChI=1S/C21H22N4O2S/c22-20(26)25-13-15-11-16(25)12-24(15)9-8-14-4-3-5-17(10-14)27-21-23-18-6-1-2-7-19(18)28-21/h1-7,10,15-16H,8-9,11-13H2,(H2,22,26)/t15-,16-/m0/s1. The molecule has 2 saturated heterocycles. The number of fused-ring (bicyclic) bond motifs is 3. The molecule has 0 saturated carbocycles. The van der Waals surface area contributed by atoms with E-state index in [-0.39, 0.29) is 12.1 Å². The van der Waals surface area contributed by atoms with E-state index >= 15 is 0 Å². The van der Waals surface area contributed by atoms with Crippen LogP contribution in [-0.2, 0) is 6.42 Å². The third-order valence-electron chi connectivity index (χ3n) is 5.70. The fraction of sp³-hybridized carbons (Fsp3) is 0.333. The van der Waals surface area contributed by atoms with E-state index in [0.29, 0.717) is 11.2 Å². The lowest BCUT2D eigenvalue weighted by Gasteiger charge is -2.33. The zero-order valence-electron chi connectivity index (χ0n) is 15.5. The number of nitrogens with zero attached hydrogens (tertiary/aromatic N) is 3. The van der Waals surface area contributed by atoms with Gasteiger partial charge in [-0.15, -0.1) is 0 Å². The Kier molecular flexibility index (Phi) is 4.41. The number of piperazine rings is 1. The topological polar surface area (TPSA) is 71.7 Å². The Morgan fingerprint density at radius 1 is 1.18 bits per heavy atom. The molecule has 0 aliphatic carbocycles. The molecule has 1 aromatic heterocycles. The van der Waals surface area contributed by atoms with Gasteiger partial charge in [0.15, 0.2) is 0 Å². The number of carbonyl (C=O) groups is 1. The number of ether oxygens (including phenoxy) is 1. The highest BCUT2D eigenvalue weighted by Gasteiger charge is 2.44. The van der Waals surface area contributed by atoms with E-state index in [1.54, 1.807) is 11.3 Å². The van der Waals surface area contributed by atoms with E-state index in [1.807, 2.05) is 35.2 Å². The van der Waals surface area contributed by atoms with Gasteiger partial charge in [-0.2, -0.15) is 0 Å². The van der Waals surface area contributed by atoms with Crippen LogP contribution in [0.15, 0.2) is 48.5 Å². The summed E-state index contributed by atoms with van der Waals surface area (Å²) in [6.07, 6.45) is 2.00. The highest BCUT2D eigenvalue weighted by Crippen LogP contribution is 2.32. The molecule has 2 fully saturated rings. The minimum absolute atomic E-state index is 0.285. The van der Waals surface area contributed by atoms with Gasteiger partial charge < -0.3 is 15.4 Å². The molecule has 2 amide bonds. The molecular weight excluding hydrogens is 372 g/mol. The number of urea groups is 1. The first-order chi connectivity index (χ1) is 13.7. The summed E-state index contributed by atoms with van der Waals surface area (Å²) in [4.78, 5) is 20.3. The van der Waals surface area contributed by atoms with Crippen LogP contribution >= 0.6 is 11.3 Å². The molecule has 3 aromatic rings. The summed E-state index contributed by atoms with van der Waals surface area (Å²) in [5.74, 6) is 0.819. The van der Waals surface area contributed by atoms with Gasteiger partial charge in [-0.3, -0.25) is 4.90 Å². The van der Waals surface area contributed by atoms with Crippen LogP contribution in [-0.4, -0.2) is 52.5 Å². The number of rotatable bonds is 5. The SMILES string of the molecule is NC(=O)N1C[C@@H]2C[C@H]1CN2CCc1cccc(Oc2nc3ccccc3s2)c1. The quantitative estimate of drug-likeness (QED) is 0.719. The monoisotopic (exact) mass is 394 g/mol. The Balaban J connectivity index is 1.21. The van der Waals surface area contributed by atoms with E-state index < -0.39 is 0 Å². The molecule has 2 N–H and O–H groups in total. The molecule has 0 spiro atoms. The molecule has 3 heterocycles. The lowest BCUT2D eigenvalue weighted by molar-refractivity contribution is 0.142. The fourth-order valence-electron chi connectivity index (χ4n) is 4.33. The van der Waals surface area contributed by atoms with Crippen molar-refractivity contribution in [3.63, 3.8) is 0 Å². The zero-order valence-corrected chi connectivity index (χ0v) is 16.3. The summed E-state index contributed by atoms with van der Waals surface area (Å²) < 4.78 is 7.13. The average molecular weight is 395 g/mol. The molecule has 0 radical (unpaired) electrons. The highest BCUT2D eigenvalue weighted by atomic mass is 32.1. The first kappa shape index (κ1) is 17.5. The van der Waals surface area contributed by atoms with Gasteiger partial charge in [0.25, 0.3) is 5.19 Å². The number of nitrogens with two attached hydrogens (primary N) is 1. The molecule has 144 valence electrons. The largest absolute Gasteiger partial charge is 0.431 e. The number of amides is 2. The van der Waals surface area contributed by atoms with Crippen LogP contribution in [0.1, 0.15) is 12.0 Å². The van der Waals surface area contributed by atoms with Gasteiger partial charge in [-0.05, 0) is 42.7 Å². The van der Waals surface area contributed by atoms with Crippen LogP contribution in [0.2, 0.25) is 0 Å². The van der Waals surface area contributed by atoms with E-state index in [4.69, 9.17) is 10.5 Å². The molecule has 2 aromatic carbocycles. The van der Waals surface area contributed by atoms with Crippen molar-refractivity contribution >= 4 is 27.6 Å². The number of carbonyl (C=O) groups excluding carboxylic acids is 1. The third kappa shape index (κ3) is 3.31. The second-order valence-electron chi connectivity index (χ2n) is 7.48. The van der Waals surface area contributed by atoms with Crippen molar-refractivity contribution in [1.29, 1.82) is 0 Å². The molecule has 2 bridgehead atoms. The predicted octanol–water partition coefficient (Wildman–Crippen LogP) is 3.47. The van der Waals surface area contributed by atoms with Crippen LogP contribution < -0.4 is 10.5 Å². The Morgan fingerprint density at radius 3 is 2.86 bits per heavy atom. The molecule has 7 heteroatoms. The summed E-state index contributed by atoms with van der Waals surface area (Å²) in [5, 5.41) is 0.668. The normalized spacial score (nSPS) is 21.5. The number of aromatic nitrogens is 1. The smallest absolute Gasteiger partial charge is 0.315 e. The van der Waals surface area contributed by atoms with E-state index in [9.17, 15) is 4.79 Å². The lowest BCUT2D eigenvalue weighted by Crippen LogP contribution is -2.50. The Hall–Kier alpha value is -2.64. The number of thiazole rings is 1. The van der Waals surface area contributed by atoms with Crippen molar-refractivity contribution < 1.29 is 9.53 Å². The van der Waals surface area contributed by atoms with Crippen LogP contribution in [0.3, 0.4) is 0 Å². The second-order valence-corrected chi connectivity index (χ2v) is 8.47. The maximum absolute atomic E-state index is 11.4. The first-order valence-corrected chi connectivity index (χ1v) is 10.4. The summed E-state index contributed by atoms with van der Waals surface area (Å²) in [6.45, 7) is 2.68. The van der Waals surface area contributed by atoms with Crippen molar-refractivity contribution in [2.45, 2.75) is 24.9 Å². The average Bonchev–Trinajstić information content (AvgIpc) is 3.39. The predicted molar refractivity (Wildman–Crippen MR) is 110 cm³/mol. The molecular formula is C21H22N4O2S. The van der Waals surface area contributed by atoms with Gasteiger partial charge in [-0.25, -0.2) is 9.78 Å². The fourth-order valence-corrected chi connectivity index (χ4v) is 5.16. The molecule has 0 unspecified atom stereocenters. The van der Waals surface area contributed by atoms with E-state index in [1.165, 1.54) is 5.56 Å². The summed E-state index contributed by atoms with van der Waals surface area (Å²) in [7, 11) is 0. The van der Waals surface area contributed by atoms with Crippen LogP contribution in [0.4, 0.5) is 4.79 Å². The lowest BCUT2D eigenvalue weighted by atomic mass is 10.1. The molecule has 2 atom stereocenters. The van der Waals surface area contributed by atoms with Gasteiger partial charge in [0.05, 0.1) is 10.2 Å². The summed E-state index contributed by atoms with van der Waals surface area (Å²) in [5.41, 5.74) is 7.66. The van der Waals surface area contributed by atoms with Gasteiger partial charge in [0.1, 0.15) is 5.75 Å². The Bertz CT molecular complexity index is 987. The number of benzene rings is 2. The number of para-hydroxylation sites is 1. The van der Waals surface area contributed by atoms with Crippen molar-refractivity contribution in [2.24, 2.45) is 5.73 Å². The summed E-state index contributed by atoms with van der Waals surface area (Å²) in [6, 6.07) is 16.7. The Morgan fingerprint density at radius 2 is 2.07 bits per heavy atom. The van der Waals surface area contributed by atoms with Crippen molar-refractivity contribution in [2.75, 3.05) is 19.6 Å². The van der Waals surface area contributed by atoms with Crippen LogP contribution in [0, 0.1) is 0 Å². The minimum atomic E-state index is -0.285. The van der Waals surface area contributed by atoms with Crippen molar-refractivity contribution in [3.05, 3.63) is 54.1 Å². The Labute approximate surface area is 167 Å². The molecule has 2 aliphatic rings. The first-order valence-electron chi connectivity index (χ1n) is 9.58. The molecule has 5 rings (SSSR count). The second kappa shape index (κ2) is 7.07. The maximum atomic E-state index is 11.4. The van der Waals surface area contributed by atoms with Crippen LogP contribution in [0.25, 0.3) is 10.2 Å². The summed E-state index contributed by atoms with van der Waals surface area (Å²) >= 11 is 1.56. The minimum Gasteiger partial charge on any atom is -0.431 e. The van der Waals surface area contributed by atoms with Crippen LogP contribution in [0.5, 0.6) is 10.9 Å². The van der Waals surface area contributed by atoms with Gasteiger partial charge in [0.2, 0.25) is 0 Å². The van der Waals surface area contributed by atoms with Crippen molar-refractivity contribution in [1.82, 2.24) is 14.8 Å². The van der Waals surface area contributed by atoms with Crippen molar-refractivity contribution in [3.8, 4) is 10.9 Å². The number of hydrogen-bond donors (Lipinski definition) is 1. The number of likely N-dealkylation sites (tertiary alicyclic amines) is 2. The van der Waals surface area contributed by atoms with E-state index in [2.05, 4.69) is 28.1 Å². The molecule has 6 nitrogen and oxygen atoms in total. The third-order valence-corrected chi connectivity index (χ3v) is 6.62. The van der Waals surface area contributed by atoms with Gasteiger partial charge >= 0.3 is 6.03 Å². The highest BCUT2D eigenvalue weighted by molar-refractivity contribution is 7.20. The number of primary amides is 1. The molecule has 2 aliphatic heterocycles. The van der Waals surface area contributed by atoms with E-state index in [0.717, 1.165) is 48.4 Å². The van der Waals surface area contributed by atoms with Gasteiger partial charge in [0, 0.05) is 31.7 Å². The molecule has 28 heavy (non-hydrogen) atoms. The number of hydrogen-bond acceptors (Lipinski definition) is 5.